The second-order valence-electron chi connectivity index (χ2n) is 5.14. The second-order valence-corrected chi connectivity index (χ2v) is 5.14. The monoisotopic (exact) mass is 248 g/mol. The van der Waals surface area contributed by atoms with Crippen LogP contribution in [0.5, 0.6) is 0 Å². The first-order valence-corrected chi connectivity index (χ1v) is 7.18. The maximum atomic E-state index is 3.46. The van der Waals surface area contributed by atoms with Crippen LogP contribution in [0.1, 0.15) is 32.3 Å². The van der Waals surface area contributed by atoms with Gasteiger partial charge in [0, 0.05) is 12.6 Å². The summed E-state index contributed by atoms with van der Waals surface area (Å²) in [6.07, 6.45) is 3.70. The summed E-state index contributed by atoms with van der Waals surface area (Å²) in [5, 5.41) is 3.46. The fraction of sp³-hybridized carbons (Fsp3) is 0.625. The number of likely N-dealkylation sites (N-methyl/N-ethyl adjacent to an activating group) is 1. The van der Waals surface area contributed by atoms with Crippen LogP contribution in [0.3, 0.4) is 0 Å². The number of nitrogens with zero attached hydrogens (tertiary/aromatic N) is 1. The van der Waals surface area contributed by atoms with Crippen molar-refractivity contribution in [3.05, 3.63) is 35.9 Å². The largest absolute Gasteiger partial charge is 0.315 e. The first-order valence-electron chi connectivity index (χ1n) is 7.18. The van der Waals surface area contributed by atoms with Gasteiger partial charge < -0.3 is 10.2 Å². The molecule has 1 atom stereocenters. The zero-order chi connectivity index (χ0) is 13.2. The molecule has 0 fully saturated rings. The Labute approximate surface area is 112 Å². The van der Waals surface area contributed by atoms with E-state index in [2.05, 4.69) is 61.4 Å². The third kappa shape index (κ3) is 6.77. The molecule has 0 heterocycles. The second kappa shape index (κ2) is 9.12. The van der Waals surface area contributed by atoms with Crippen molar-refractivity contribution in [3.63, 3.8) is 0 Å². The molecule has 0 saturated carbocycles. The lowest BCUT2D eigenvalue weighted by atomic mass is 10.1. The van der Waals surface area contributed by atoms with Gasteiger partial charge in [-0.2, -0.15) is 0 Å². The molecule has 0 radical (unpaired) electrons. The van der Waals surface area contributed by atoms with Gasteiger partial charge >= 0.3 is 0 Å². The van der Waals surface area contributed by atoms with Crippen molar-refractivity contribution in [2.45, 2.75) is 39.2 Å². The Kier molecular flexibility index (Phi) is 7.70. The number of hydrogen-bond donors (Lipinski definition) is 1. The molecule has 2 heteroatoms. The van der Waals surface area contributed by atoms with Gasteiger partial charge in [0.05, 0.1) is 0 Å². The molecule has 1 aromatic carbocycles. The average Bonchev–Trinajstić information content (AvgIpc) is 2.38. The molecule has 18 heavy (non-hydrogen) atoms. The van der Waals surface area contributed by atoms with Crippen LogP contribution >= 0.6 is 0 Å². The summed E-state index contributed by atoms with van der Waals surface area (Å²) in [7, 11) is 2.22. The van der Waals surface area contributed by atoms with Crippen molar-refractivity contribution in [2.24, 2.45) is 0 Å². The molecule has 0 aliphatic rings. The molecular formula is C16H28N2. The van der Waals surface area contributed by atoms with E-state index in [0.29, 0.717) is 6.04 Å². The minimum atomic E-state index is 0.650. The van der Waals surface area contributed by atoms with Gasteiger partial charge in [-0.05, 0) is 51.9 Å². The summed E-state index contributed by atoms with van der Waals surface area (Å²) in [5.41, 5.74) is 1.44. The lowest BCUT2D eigenvalue weighted by Gasteiger charge is -2.18. The van der Waals surface area contributed by atoms with Gasteiger partial charge in [-0.1, -0.05) is 37.3 Å². The number of nitrogens with one attached hydrogen (secondary N) is 1. The third-order valence-corrected chi connectivity index (χ3v) is 3.35. The van der Waals surface area contributed by atoms with Crippen molar-refractivity contribution < 1.29 is 0 Å². The van der Waals surface area contributed by atoms with Crippen LogP contribution < -0.4 is 5.32 Å². The van der Waals surface area contributed by atoms with Gasteiger partial charge in [0.2, 0.25) is 0 Å². The topological polar surface area (TPSA) is 15.3 Å². The Hall–Kier alpha value is -0.860. The average molecular weight is 248 g/mol. The molecule has 0 saturated heterocycles. The highest BCUT2D eigenvalue weighted by molar-refractivity contribution is 5.14. The highest BCUT2D eigenvalue weighted by Gasteiger charge is 2.02. The van der Waals surface area contributed by atoms with E-state index in [0.717, 1.165) is 19.5 Å². The summed E-state index contributed by atoms with van der Waals surface area (Å²) < 4.78 is 0. The Balaban J connectivity index is 2.09. The maximum absolute atomic E-state index is 3.46. The Morgan fingerprint density at radius 2 is 1.89 bits per heavy atom. The van der Waals surface area contributed by atoms with Crippen molar-refractivity contribution in [2.75, 3.05) is 26.7 Å². The van der Waals surface area contributed by atoms with Gasteiger partial charge in [-0.25, -0.2) is 0 Å². The summed E-state index contributed by atoms with van der Waals surface area (Å²) >= 11 is 0. The molecule has 0 amide bonds. The minimum absolute atomic E-state index is 0.650. The molecule has 1 unspecified atom stereocenters. The quantitative estimate of drug-likeness (QED) is 0.723. The van der Waals surface area contributed by atoms with E-state index in [4.69, 9.17) is 0 Å². The van der Waals surface area contributed by atoms with Gasteiger partial charge in [0.25, 0.3) is 0 Å². The number of rotatable bonds is 9. The first-order chi connectivity index (χ1) is 8.72. The lowest BCUT2D eigenvalue weighted by molar-refractivity contribution is 0.321. The zero-order valence-electron chi connectivity index (χ0n) is 12.2. The Morgan fingerprint density at radius 1 is 1.17 bits per heavy atom. The predicted octanol–water partition coefficient (Wildman–Crippen LogP) is 2.94. The summed E-state index contributed by atoms with van der Waals surface area (Å²) in [5.74, 6) is 0. The van der Waals surface area contributed by atoms with Gasteiger partial charge in [0.1, 0.15) is 0 Å². The molecule has 0 aliphatic carbocycles. The van der Waals surface area contributed by atoms with Crippen molar-refractivity contribution in [3.8, 4) is 0 Å². The van der Waals surface area contributed by atoms with Crippen LogP contribution in [-0.4, -0.2) is 37.6 Å². The molecule has 0 aliphatic heterocycles. The number of hydrogen-bond acceptors (Lipinski definition) is 2. The van der Waals surface area contributed by atoms with E-state index in [1.807, 2.05) is 0 Å². The highest BCUT2D eigenvalue weighted by atomic mass is 15.1. The van der Waals surface area contributed by atoms with E-state index < -0.39 is 0 Å². The van der Waals surface area contributed by atoms with Crippen LogP contribution in [0.15, 0.2) is 30.3 Å². The standard InChI is InChI=1S/C16H28N2/c1-4-17-15(2)9-8-13-18(3)14-12-16-10-6-5-7-11-16/h5-7,10-11,15,17H,4,8-9,12-14H2,1-3H3. The fourth-order valence-corrected chi connectivity index (χ4v) is 2.19. The normalized spacial score (nSPS) is 12.9. The molecule has 102 valence electrons. The SMILES string of the molecule is CCNC(C)CCCN(C)CCc1ccccc1. The van der Waals surface area contributed by atoms with Gasteiger partial charge in [-0.15, -0.1) is 0 Å². The van der Waals surface area contributed by atoms with E-state index >= 15 is 0 Å². The van der Waals surface area contributed by atoms with Gasteiger partial charge in [-0.3, -0.25) is 0 Å². The summed E-state index contributed by atoms with van der Waals surface area (Å²) in [4.78, 5) is 2.44. The van der Waals surface area contributed by atoms with Crippen LogP contribution in [0.25, 0.3) is 0 Å². The van der Waals surface area contributed by atoms with E-state index in [1.165, 1.54) is 24.9 Å². The molecule has 1 N–H and O–H groups in total. The van der Waals surface area contributed by atoms with Crippen molar-refractivity contribution in [1.29, 1.82) is 0 Å². The van der Waals surface area contributed by atoms with E-state index in [9.17, 15) is 0 Å². The first kappa shape index (κ1) is 15.2. The molecule has 1 aromatic rings. The molecule has 0 spiro atoms. The van der Waals surface area contributed by atoms with Crippen LogP contribution in [0.2, 0.25) is 0 Å². The number of benzene rings is 1. The van der Waals surface area contributed by atoms with Crippen molar-refractivity contribution in [1.82, 2.24) is 10.2 Å². The molecule has 1 rings (SSSR count). The minimum Gasteiger partial charge on any atom is -0.315 e. The van der Waals surface area contributed by atoms with Gasteiger partial charge in [0.15, 0.2) is 0 Å². The van der Waals surface area contributed by atoms with Crippen LogP contribution in [0.4, 0.5) is 0 Å². The molecule has 0 bridgehead atoms. The van der Waals surface area contributed by atoms with E-state index in [-0.39, 0.29) is 0 Å². The molecule has 0 aromatic heterocycles. The Morgan fingerprint density at radius 3 is 2.56 bits per heavy atom. The lowest BCUT2D eigenvalue weighted by Crippen LogP contribution is -2.28. The molecular weight excluding hydrogens is 220 g/mol. The predicted molar refractivity (Wildman–Crippen MR) is 80.0 cm³/mol. The molecule has 2 nitrogen and oxygen atoms in total. The Bertz CT molecular complexity index is 297. The smallest absolute Gasteiger partial charge is 0.00390 e. The van der Waals surface area contributed by atoms with E-state index in [1.54, 1.807) is 0 Å². The summed E-state index contributed by atoms with van der Waals surface area (Å²) in [6.45, 7) is 7.86. The maximum Gasteiger partial charge on any atom is 0.00390 e. The third-order valence-electron chi connectivity index (χ3n) is 3.35. The van der Waals surface area contributed by atoms with Crippen LogP contribution in [-0.2, 0) is 6.42 Å². The van der Waals surface area contributed by atoms with Crippen molar-refractivity contribution >= 4 is 0 Å². The zero-order valence-corrected chi connectivity index (χ0v) is 12.2. The fourth-order valence-electron chi connectivity index (χ4n) is 2.19. The highest BCUT2D eigenvalue weighted by Crippen LogP contribution is 2.02. The van der Waals surface area contributed by atoms with Crippen LogP contribution in [0, 0.1) is 0 Å². The summed E-state index contributed by atoms with van der Waals surface area (Å²) in [6, 6.07) is 11.4.